The van der Waals surface area contributed by atoms with Crippen molar-refractivity contribution in [1.82, 2.24) is 5.01 Å². The maximum absolute atomic E-state index is 12.5. The van der Waals surface area contributed by atoms with Gasteiger partial charge in [-0.05, 0) is 62.9 Å². The first-order valence-corrected chi connectivity index (χ1v) is 10.1. The topological polar surface area (TPSA) is 88.7 Å². The SMILES string of the molecule is CC1=NN(CCCCO)C(=O)C1=NN(O)c1cccc(C#Cc2c(C)cccc2C)c1. The van der Waals surface area contributed by atoms with Gasteiger partial charge in [-0.1, -0.05) is 36.1 Å². The molecule has 160 valence electrons. The molecule has 3 rings (SSSR count). The zero-order chi connectivity index (χ0) is 22.4. The van der Waals surface area contributed by atoms with E-state index in [2.05, 4.69) is 22.0 Å². The number of carbonyl (C=O) groups is 1. The molecule has 1 aliphatic heterocycles. The van der Waals surface area contributed by atoms with Crippen LogP contribution in [0, 0.1) is 25.7 Å². The van der Waals surface area contributed by atoms with Crippen LogP contribution in [0.4, 0.5) is 5.69 Å². The summed E-state index contributed by atoms with van der Waals surface area (Å²) in [5.74, 6) is 5.95. The summed E-state index contributed by atoms with van der Waals surface area (Å²) in [6.07, 6.45) is 1.23. The smallest absolute Gasteiger partial charge is 0.296 e. The third-order valence-electron chi connectivity index (χ3n) is 4.91. The molecule has 0 fully saturated rings. The van der Waals surface area contributed by atoms with Crippen LogP contribution in [0.25, 0.3) is 0 Å². The fourth-order valence-corrected chi connectivity index (χ4v) is 3.20. The van der Waals surface area contributed by atoms with Crippen LogP contribution in [0.15, 0.2) is 52.7 Å². The number of aryl methyl sites for hydroxylation is 2. The lowest BCUT2D eigenvalue weighted by Gasteiger charge is -2.13. The van der Waals surface area contributed by atoms with E-state index in [-0.39, 0.29) is 18.2 Å². The van der Waals surface area contributed by atoms with Crippen molar-refractivity contribution < 1.29 is 15.1 Å². The molecule has 2 N–H and O–H groups in total. The van der Waals surface area contributed by atoms with Gasteiger partial charge in [0, 0.05) is 24.3 Å². The number of carbonyl (C=O) groups excluding carboxylic acids is 1. The van der Waals surface area contributed by atoms with Crippen molar-refractivity contribution in [3.05, 3.63) is 64.7 Å². The molecule has 0 atom stereocenters. The molecule has 1 amide bonds. The average molecular weight is 418 g/mol. The van der Waals surface area contributed by atoms with E-state index < -0.39 is 0 Å². The van der Waals surface area contributed by atoms with Gasteiger partial charge >= 0.3 is 0 Å². The quantitative estimate of drug-likeness (QED) is 0.428. The lowest BCUT2D eigenvalue weighted by atomic mass is 10.0. The Labute approximate surface area is 182 Å². The van der Waals surface area contributed by atoms with E-state index in [1.165, 1.54) is 5.01 Å². The van der Waals surface area contributed by atoms with Crippen LogP contribution in [0.3, 0.4) is 0 Å². The first-order valence-electron chi connectivity index (χ1n) is 10.1. The Morgan fingerprint density at radius 3 is 2.48 bits per heavy atom. The number of hydrogen-bond donors (Lipinski definition) is 2. The Bertz CT molecular complexity index is 1080. The van der Waals surface area contributed by atoms with Gasteiger partial charge in [-0.25, -0.2) is 5.01 Å². The number of aliphatic hydroxyl groups excluding tert-OH is 1. The minimum atomic E-state index is -0.375. The zero-order valence-corrected chi connectivity index (χ0v) is 18.0. The van der Waals surface area contributed by atoms with E-state index in [1.54, 1.807) is 25.1 Å². The predicted molar refractivity (Wildman–Crippen MR) is 121 cm³/mol. The molecule has 0 radical (unpaired) electrons. The summed E-state index contributed by atoms with van der Waals surface area (Å²) >= 11 is 0. The van der Waals surface area contributed by atoms with E-state index in [4.69, 9.17) is 5.11 Å². The second-order valence-corrected chi connectivity index (χ2v) is 7.35. The summed E-state index contributed by atoms with van der Waals surface area (Å²) in [4.78, 5) is 12.5. The number of benzene rings is 2. The van der Waals surface area contributed by atoms with Crippen molar-refractivity contribution in [2.45, 2.75) is 33.6 Å². The minimum absolute atomic E-state index is 0.0682. The maximum Gasteiger partial charge on any atom is 0.296 e. The van der Waals surface area contributed by atoms with Crippen LogP contribution >= 0.6 is 0 Å². The van der Waals surface area contributed by atoms with Gasteiger partial charge in [0.05, 0.1) is 11.4 Å². The van der Waals surface area contributed by atoms with Gasteiger partial charge in [-0.2, -0.15) is 5.10 Å². The van der Waals surface area contributed by atoms with Gasteiger partial charge in [0.25, 0.3) is 5.91 Å². The fraction of sp³-hybridized carbons (Fsp3) is 0.292. The molecule has 0 aliphatic carbocycles. The number of anilines is 1. The summed E-state index contributed by atoms with van der Waals surface area (Å²) in [5, 5.41) is 29.6. The Morgan fingerprint density at radius 2 is 1.77 bits per heavy atom. The van der Waals surface area contributed by atoms with Crippen LogP contribution in [-0.4, -0.2) is 45.8 Å². The van der Waals surface area contributed by atoms with E-state index in [0.29, 0.717) is 41.5 Å². The predicted octanol–water partition coefficient (Wildman–Crippen LogP) is 3.25. The van der Waals surface area contributed by atoms with Gasteiger partial charge in [0.1, 0.15) is 0 Å². The lowest BCUT2D eigenvalue weighted by Crippen LogP contribution is -2.30. The normalized spacial score (nSPS) is 14.5. The van der Waals surface area contributed by atoms with Gasteiger partial charge in [-0.3, -0.25) is 10.0 Å². The maximum atomic E-state index is 12.5. The Kier molecular flexibility index (Phi) is 7.19. The highest BCUT2D eigenvalue weighted by Gasteiger charge is 2.29. The van der Waals surface area contributed by atoms with Crippen LogP contribution in [-0.2, 0) is 4.79 Å². The summed E-state index contributed by atoms with van der Waals surface area (Å²) in [7, 11) is 0. The Morgan fingerprint density at radius 1 is 1.06 bits per heavy atom. The third-order valence-corrected chi connectivity index (χ3v) is 4.91. The monoisotopic (exact) mass is 418 g/mol. The molecule has 0 spiro atoms. The lowest BCUT2D eigenvalue weighted by molar-refractivity contribution is -0.123. The van der Waals surface area contributed by atoms with Crippen molar-refractivity contribution in [3.63, 3.8) is 0 Å². The number of rotatable bonds is 6. The standard InChI is InChI=1S/C24H26N4O3/c1-17-8-6-9-18(2)22(17)13-12-20-10-7-11-21(16-20)28(31)26-23-19(3)25-27(24(23)30)14-4-5-15-29/h6-11,16,29,31H,4-5,14-15H2,1-3H3. The van der Waals surface area contributed by atoms with Gasteiger partial charge < -0.3 is 5.11 Å². The van der Waals surface area contributed by atoms with Crippen molar-refractivity contribution in [1.29, 1.82) is 0 Å². The highest BCUT2D eigenvalue weighted by Crippen LogP contribution is 2.17. The van der Waals surface area contributed by atoms with E-state index in [1.807, 2.05) is 38.1 Å². The molecule has 1 heterocycles. The van der Waals surface area contributed by atoms with Gasteiger partial charge in [0.15, 0.2) is 5.71 Å². The number of unbranched alkanes of at least 4 members (excludes halogenated alkanes) is 1. The molecular formula is C24H26N4O3. The fourth-order valence-electron chi connectivity index (χ4n) is 3.20. The molecule has 0 aromatic heterocycles. The first kappa shape index (κ1) is 22.2. The number of amides is 1. The largest absolute Gasteiger partial charge is 0.396 e. The second-order valence-electron chi connectivity index (χ2n) is 7.35. The summed E-state index contributed by atoms with van der Waals surface area (Å²) < 4.78 is 0. The molecule has 1 aliphatic rings. The van der Waals surface area contributed by atoms with Crippen molar-refractivity contribution in [3.8, 4) is 11.8 Å². The second kappa shape index (κ2) is 10.0. The van der Waals surface area contributed by atoms with Gasteiger partial charge in [-0.15, -0.1) is 10.3 Å². The minimum Gasteiger partial charge on any atom is -0.396 e. The Hall–Kier alpha value is -3.47. The number of nitrogens with zero attached hydrogens (tertiary/aromatic N) is 4. The van der Waals surface area contributed by atoms with Crippen LogP contribution < -0.4 is 5.17 Å². The molecule has 0 saturated heterocycles. The summed E-state index contributed by atoms with van der Waals surface area (Å²) in [5.41, 5.74) is 4.82. The first-order chi connectivity index (χ1) is 14.9. The molecule has 0 unspecified atom stereocenters. The molecule has 7 nitrogen and oxygen atoms in total. The third kappa shape index (κ3) is 5.37. The van der Waals surface area contributed by atoms with Crippen LogP contribution in [0.5, 0.6) is 0 Å². The molecule has 2 aromatic rings. The number of aliphatic hydroxyl groups is 1. The van der Waals surface area contributed by atoms with Crippen molar-refractivity contribution in [2.75, 3.05) is 18.3 Å². The van der Waals surface area contributed by atoms with Crippen LogP contribution in [0.1, 0.15) is 42.0 Å². The zero-order valence-electron chi connectivity index (χ0n) is 18.0. The molecule has 2 aromatic carbocycles. The number of hydrogen-bond acceptors (Lipinski definition) is 6. The average Bonchev–Trinajstić information content (AvgIpc) is 3.01. The highest BCUT2D eigenvalue weighted by atomic mass is 16.5. The van der Waals surface area contributed by atoms with Crippen molar-refractivity contribution >= 4 is 23.0 Å². The van der Waals surface area contributed by atoms with E-state index in [0.717, 1.165) is 16.7 Å². The van der Waals surface area contributed by atoms with E-state index in [9.17, 15) is 10.0 Å². The highest BCUT2D eigenvalue weighted by molar-refractivity contribution is 6.68. The van der Waals surface area contributed by atoms with E-state index >= 15 is 0 Å². The van der Waals surface area contributed by atoms with Crippen LogP contribution in [0.2, 0.25) is 0 Å². The Balaban J connectivity index is 1.78. The summed E-state index contributed by atoms with van der Waals surface area (Å²) in [6.45, 7) is 6.18. The van der Waals surface area contributed by atoms with Crippen molar-refractivity contribution in [2.24, 2.45) is 10.2 Å². The summed E-state index contributed by atoms with van der Waals surface area (Å²) in [6, 6.07) is 13.0. The number of hydrazone groups is 2. The van der Waals surface area contributed by atoms with Gasteiger partial charge in [0.2, 0.25) is 0 Å². The molecule has 31 heavy (non-hydrogen) atoms. The molecule has 0 bridgehead atoms. The molecular weight excluding hydrogens is 392 g/mol. The molecule has 0 saturated carbocycles. The molecule has 7 heteroatoms.